The first kappa shape index (κ1) is 14.0. The lowest BCUT2D eigenvalue weighted by Crippen LogP contribution is -2.23. The van der Waals surface area contributed by atoms with Gasteiger partial charge in [-0.15, -0.1) is 0 Å². The van der Waals surface area contributed by atoms with Crippen LogP contribution in [0.15, 0.2) is 47.1 Å². The molecule has 0 aliphatic heterocycles. The molecular formula is C15H17BrN2O. The first-order valence-electron chi connectivity index (χ1n) is 6.24. The topological polar surface area (TPSA) is 34.1 Å². The van der Waals surface area contributed by atoms with Gasteiger partial charge in [0.2, 0.25) is 0 Å². The van der Waals surface area contributed by atoms with Crippen LogP contribution in [0.2, 0.25) is 0 Å². The molecule has 2 aromatic rings. The van der Waals surface area contributed by atoms with Crippen LogP contribution in [0.25, 0.3) is 0 Å². The number of rotatable bonds is 5. The Morgan fingerprint density at radius 2 is 2.16 bits per heavy atom. The van der Waals surface area contributed by atoms with Crippen molar-refractivity contribution in [2.75, 3.05) is 13.7 Å². The van der Waals surface area contributed by atoms with Crippen molar-refractivity contribution in [1.82, 2.24) is 10.3 Å². The zero-order chi connectivity index (χ0) is 13.7. The predicted octanol–water partition coefficient (Wildman–Crippen LogP) is 3.55. The highest BCUT2D eigenvalue weighted by atomic mass is 79.9. The van der Waals surface area contributed by atoms with Crippen molar-refractivity contribution >= 4 is 15.9 Å². The standard InChI is InChI=1S/C15H17BrN2O/c1-3-17-14(15-13(16)8-5-9-18-15)11-6-4-7-12(10-11)19-2/h4-10,14,17H,3H2,1-2H3. The van der Waals surface area contributed by atoms with Crippen molar-refractivity contribution in [3.63, 3.8) is 0 Å². The zero-order valence-corrected chi connectivity index (χ0v) is 12.6. The summed E-state index contributed by atoms with van der Waals surface area (Å²) in [6, 6.07) is 12.0. The number of benzene rings is 1. The maximum atomic E-state index is 5.29. The molecule has 2 rings (SSSR count). The molecule has 1 atom stereocenters. The van der Waals surface area contributed by atoms with Gasteiger partial charge in [0.15, 0.2) is 0 Å². The Balaban J connectivity index is 2.42. The van der Waals surface area contributed by atoms with Gasteiger partial charge in [-0.3, -0.25) is 4.98 Å². The van der Waals surface area contributed by atoms with Crippen LogP contribution in [0.4, 0.5) is 0 Å². The van der Waals surface area contributed by atoms with E-state index in [0.29, 0.717) is 0 Å². The Morgan fingerprint density at radius 3 is 2.84 bits per heavy atom. The summed E-state index contributed by atoms with van der Waals surface area (Å²) in [7, 11) is 1.68. The van der Waals surface area contributed by atoms with Crippen LogP contribution in [0, 0.1) is 0 Å². The molecule has 4 heteroatoms. The Bertz CT molecular complexity index is 545. The summed E-state index contributed by atoms with van der Waals surface area (Å²) in [6.45, 7) is 2.95. The van der Waals surface area contributed by atoms with E-state index in [9.17, 15) is 0 Å². The second-order valence-electron chi connectivity index (χ2n) is 4.14. The van der Waals surface area contributed by atoms with Crippen molar-refractivity contribution in [3.05, 3.63) is 58.3 Å². The average Bonchev–Trinajstić information content (AvgIpc) is 2.46. The second-order valence-corrected chi connectivity index (χ2v) is 4.99. The summed E-state index contributed by atoms with van der Waals surface area (Å²) in [6.07, 6.45) is 1.81. The normalized spacial score (nSPS) is 12.2. The van der Waals surface area contributed by atoms with Gasteiger partial charge in [-0.2, -0.15) is 0 Å². The van der Waals surface area contributed by atoms with Gasteiger partial charge in [0.25, 0.3) is 0 Å². The Kier molecular flexibility index (Phi) is 4.93. The van der Waals surface area contributed by atoms with Gasteiger partial charge in [0.05, 0.1) is 18.8 Å². The van der Waals surface area contributed by atoms with Crippen LogP contribution in [0.5, 0.6) is 5.75 Å². The molecule has 19 heavy (non-hydrogen) atoms. The molecule has 1 heterocycles. The first-order chi connectivity index (χ1) is 9.26. The molecule has 0 radical (unpaired) electrons. The average molecular weight is 321 g/mol. The van der Waals surface area contributed by atoms with Crippen LogP contribution in [-0.2, 0) is 0 Å². The number of nitrogens with one attached hydrogen (secondary N) is 1. The van der Waals surface area contributed by atoms with Crippen molar-refractivity contribution in [3.8, 4) is 5.75 Å². The molecular weight excluding hydrogens is 304 g/mol. The van der Waals surface area contributed by atoms with Crippen LogP contribution in [-0.4, -0.2) is 18.6 Å². The number of nitrogens with zero attached hydrogens (tertiary/aromatic N) is 1. The minimum Gasteiger partial charge on any atom is -0.497 e. The van der Waals surface area contributed by atoms with E-state index in [1.165, 1.54) is 0 Å². The van der Waals surface area contributed by atoms with Crippen molar-refractivity contribution in [2.24, 2.45) is 0 Å². The molecule has 0 saturated carbocycles. The highest BCUT2D eigenvalue weighted by Gasteiger charge is 2.17. The van der Waals surface area contributed by atoms with Gasteiger partial charge in [-0.1, -0.05) is 19.1 Å². The van der Waals surface area contributed by atoms with Crippen molar-refractivity contribution in [1.29, 1.82) is 0 Å². The lowest BCUT2D eigenvalue weighted by molar-refractivity contribution is 0.413. The monoisotopic (exact) mass is 320 g/mol. The number of ether oxygens (including phenoxy) is 1. The molecule has 0 bridgehead atoms. The van der Waals surface area contributed by atoms with E-state index >= 15 is 0 Å². The van der Waals surface area contributed by atoms with E-state index in [4.69, 9.17) is 4.74 Å². The number of hydrogen-bond acceptors (Lipinski definition) is 3. The Hall–Kier alpha value is -1.39. The number of halogens is 1. The van der Waals surface area contributed by atoms with E-state index in [-0.39, 0.29) is 6.04 Å². The largest absolute Gasteiger partial charge is 0.497 e. The van der Waals surface area contributed by atoms with Crippen molar-refractivity contribution in [2.45, 2.75) is 13.0 Å². The highest BCUT2D eigenvalue weighted by Crippen LogP contribution is 2.28. The maximum Gasteiger partial charge on any atom is 0.119 e. The van der Waals surface area contributed by atoms with Crippen LogP contribution < -0.4 is 10.1 Å². The van der Waals surface area contributed by atoms with E-state index in [0.717, 1.165) is 28.0 Å². The molecule has 3 nitrogen and oxygen atoms in total. The summed E-state index contributed by atoms with van der Waals surface area (Å²) < 4.78 is 6.29. The summed E-state index contributed by atoms with van der Waals surface area (Å²) in [5.74, 6) is 0.854. The molecule has 1 aromatic carbocycles. The smallest absolute Gasteiger partial charge is 0.119 e. The lowest BCUT2D eigenvalue weighted by Gasteiger charge is -2.19. The summed E-state index contributed by atoms with van der Waals surface area (Å²) in [4.78, 5) is 4.48. The molecule has 0 aliphatic rings. The van der Waals surface area contributed by atoms with Gasteiger partial charge in [0, 0.05) is 10.7 Å². The number of hydrogen-bond donors (Lipinski definition) is 1. The summed E-state index contributed by atoms with van der Waals surface area (Å²) in [5, 5.41) is 3.46. The van der Waals surface area contributed by atoms with Crippen LogP contribution >= 0.6 is 15.9 Å². The number of aromatic nitrogens is 1. The molecule has 0 saturated heterocycles. The maximum absolute atomic E-state index is 5.29. The first-order valence-corrected chi connectivity index (χ1v) is 7.03. The molecule has 1 aromatic heterocycles. The third-order valence-electron chi connectivity index (χ3n) is 2.90. The Morgan fingerprint density at radius 1 is 1.32 bits per heavy atom. The molecule has 1 unspecified atom stereocenters. The lowest BCUT2D eigenvalue weighted by atomic mass is 10.0. The number of pyridine rings is 1. The fourth-order valence-electron chi connectivity index (χ4n) is 2.01. The van der Waals surface area contributed by atoms with E-state index in [2.05, 4.69) is 39.2 Å². The number of methoxy groups -OCH3 is 1. The molecule has 1 N–H and O–H groups in total. The van der Waals surface area contributed by atoms with Gasteiger partial charge >= 0.3 is 0 Å². The molecule has 0 amide bonds. The third-order valence-corrected chi connectivity index (χ3v) is 3.57. The molecule has 100 valence electrons. The Labute approximate surface area is 122 Å². The van der Waals surface area contributed by atoms with Gasteiger partial charge in [0.1, 0.15) is 5.75 Å². The van der Waals surface area contributed by atoms with Gasteiger partial charge < -0.3 is 10.1 Å². The van der Waals surface area contributed by atoms with Gasteiger partial charge in [-0.25, -0.2) is 0 Å². The predicted molar refractivity (Wildman–Crippen MR) is 80.5 cm³/mol. The SMILES string of the molecule is CCNC(c1cccc(OC)c1)c1ncccc1Br. The molecule has 0 spiro atoms. The molecule has 0 aliphatic carbocycles. The zero-order valence-electron chi connectivity index (χ0n) is 11.1. The fraction of sp³-hybridized carbons (Fsp3) is 0.267. The van der Waals surface area contributed by atoms with E-state index < -0.39 is 0 Å². The summed E-state index contributed by atoms with van der Waals surface area (Å²) in [5.41, 5.74) is 2.12. The van der Waals surface area contributed by atoms with Gasteiger partial charge in [-0.05, 0) is 52.3 Å². The van der Waals surface area contributed by atoms with E-state index in [1.54, 1.807) is 7.11 Å². The van der Waals surface area contributed by atoms with Crippen LogP contribution in [0.1, 0.15) is 24.2 Å². The fourth-order valence-corrected chi connectivity index (χ4v) is 2.49. The van der Waals surface area contributed by atoms with E-state index in [1.807, 2.05) is 36.5 Å². The summed E-state index contributed by atoms with van der Waals surface area (Å²) >= 11 is 3.57. The minimum atomic E-state index is 0.0516. The van der Waals surface area contributed by atoms with Crippen molar-refractivity contribution < 1.29 is 4.74 Å². The molecule has 0 fully saturated rings. The third kappa shape index (κ3) is 3.33. The minimum absolute atomic E-state index is 0.0516. The van der Waals surface area contributed by atoms with Crippen LogP contribution in [0.3, 0.4) is 0 Å². The quantitative estimate of drug-likeness (QED) is 0.914. The second kappa shape index (κ2) is 6.68. The highest BCUT2D eigenvalue weighted by molar-refractivity contribution is 9.10.